The number of nitrogens with zero attached hydrogens (tertiary/aromatic N) is 2. The third-order valence-corrected chi connectivity index (χ3v) is 2.13. The van der Waals surface area contributed by atoms with Gasteiger partial charge < -0.3 is 10.1 Å². The molecular formula is C9H15N3O. The van der Waals surface area contributed by atoms with Crippen molar-refractivity contribution in [3.05, 3.63) is 18.0 Å². The molecule has 0 bridgehead atoms. The van der Waals surface area contributed by atoms with Crippen molar-refractivity contribution in [1.82, 2.24) is 15.1 Å². The van der Waals surface area contributed by atoms with E-state index >= 15 is 0 Å². The molecule has 2 heterocycles. The number of aromatic nitrogens is 2. The molecule has 1 saturated heterocycles. The number of ether oxygens (including phenoxy) is 1. The number of morpholine rings is 1. The van der Waals surface area contributed by atoms with Gasteiger partial charge in [0.2, 0.25) is 0 Å². The van der Waals surface area contributed by atoms with Crippen LogP contribution in [0.2, 0.25) is 0 Å². The van der Waals surface area contributed by atoms with Crippen LogP contribution in [0.1, 0.15) is 22.7 Å². The normalized spacial score (nSPS) is 33.5. The van der Waals surface area contributed by atoms with Crippen molar-refractivity contribution in [2.45, 2.75) is 19.1 Å². The van der Waals surface area contributed by atoms with Crippen molar-refractivity contribution >= 4 is 0 Å². The molecule has 1 N–H and O–H groups in total. The van der Waals surface area contributed by atoms with Crippen LogP contribution in [-0.4, -0.2) is 29.0 Å². The molecule has 2 atom stereocenters. The fourth-order valence-corrected chi connectivity index (χ4v) is 1.49. The molecule has 1 aliphatic heterocycles. The molecule has 1 aromatic rings. The van der Waals surface area contributed by atoms with Gasteiger partial charge in [0.15, 0.2) is 0 Å². The Hall–Kier alpha value is -0.870. The van der Waals surface area contributed by atoms with Gasteiger partial charge in [-0.25, -0.2) is 0 Å². The smallest absolute Gasteiger partial charge is 0.0983 e. The van der Waals surface area contributed by atoms with Crippen molar-refractivity contribution in [1.29, 1.82) is 0 Å². The van der Waals surface area contributed by atoms with Crippen LogP contribution in [0.15, 0.2) is 12.4 Å². The van der Waals surface area contributed by atoms with E-state index in [1.165, 1.54) is 6.20 Å². The van der Waals surface area contributed by atoms with E-state index in [0.29, 0.717) is 6.54 Å². The molecular weight excluding hydrogens is 166 g/mol. The molecule has 0 saturated carbocycles. The SMILES string of the molecule is [2H]C([2H])([2H])n1cc(C2CNC[C@@H](C)O2)cn1. The van der Waals surface area contributed by atoms with E-state index in [0.717, 1.165) is 16.8 Å². The average molecular weight is 184 g/mol. The van der Waals surface area contributed by atoms with Crippen LogP contribution in [0.5, 0.6) is 0 Å². The van der Waals surface area contributed by atoms with Gasteiger partial charge in [0.25, 0.3) is 0 Å². The highest BCUT2D eigenvalue weighted by Gasteiger charge is 2.20. The minimum Gasteiger partial charge on any atom is -0.368 e. The number of aryl methyl sites for hydroxylation is 1. The summed E-state index contributed by atoms with van der Waals surface area (Å²) in [5.41, 5.74) is 0.801. The summed E-state index contributed by atoms with van der Waals surface area (Å²) in [7, 11) is 0. The van der Waals surface area contributed by atoms with Crippen molar-refractivity contribution in [2.75, 3.05) is 13.1 Å². The first kappa shape index (κ1) is 5.78. The maximum absolute atomic E-state index is 7.22. The predicted molar refractivity (Wildman–Crippen MR) is 49.4 cm³/mol. The van der Waals surface area contributed by atoms with Crippen LogP contribution in [0, 0.1) is 0 Å². The van der Waals surface area contributed by atoms with Gasteiger partial charge in [0.05, 0.1) is 18.4 Å². The lowest BCUT2D eigenvalue weighted by molar-refractivity contribution is -0.0287. The zero-order valence-electron chi connectivity index (χ0n) is 10.5. The highest BCUT2D eigenvalue weighted by Crippen LogP contribution is 2.19. The van der Waals surface area contributed by atoms with Gasteiger partial charge in [0.1, 0.15) is 0 Å². The second-order valence-corrected chi connectivity index (χ2v) is 3.31. The maximum atomic E-state index is 7.22. The van der Waals surface area contributed by atoms with Crippen LogP contribution >= 0.6 is 0 Å². The number of nitrogens with one attached hydrogen (secondary N) is 1. The highest BCUT2D eigenvalue weighted by molar-refractivity contribution is 5.09. The highest BCUT2D eigenvalue weighted by atomic mass is 16.5. The van der Waals surface area contributed by atoms with E-state index < -0.39 is 6.98 Å². The molecule has 0 amide bonds. The third kappa shape index (κ3) is 1.89. The predicted octanol–water partition coefficient (Wildman–Crippen LogP) is 0.469. The van der Waals surface area contributed by atoms with Crippen LogP contribution in [0.3, 0.4) is 0 Å². The summed E-state index contributed by atoms with van der Waals surface area (Å²) in [5.74, 6) is 0. The van der Waals surface area contributed by atoms with E-state index in [2.05, 4.69) is 10.4 Å². The van der Waals surface area contributed by atoms with Crippen LogP contribution < -0.4 is 5.32 Å². The Morgan fingerprint density at radius 2 is 2.69 bits per heavy atom. The Morgan fingerprint density at radius 3 is 3.38 bits per heavy atom. The summed E-state index contributed by atoms with van der Waals surface area (Å²) < 4.78 is 28.3. The molecule has 1 aliphatic rings. The lowest BCUT2D eigenvalue weighted by Gasteiger charge is -2.27. The van der Waals surface area contributed by atoms with Crippen molar-refractivity contribution in [3.8, 4) is 0 Å². The topological polar surface area (TPSA) is 39.1 Å². The van der Waals surface area contributed by atoms with Gasteiger partial charge in [-0.1, -0.05) is 0 Å². The second kappa shape index (κ2) is 3.47. The quantitative estimate of drug-likeness (QED) is 0.689. The van der Waals surface area contributed by atoms with E-state index in [9.17, 15) is 0 Å². The second-order valence-electron chi connectivity index (χ2n) is 3.31. The molecule has 2 rings (SSSR count). The summed E-state index contributed by atoms with van der Waals surface area (Å²) in [6.45, 7) is 1.28. The Kier molecular flexibility index (Phi) is 1.54. The maximum Gasteiger partial charge on any atom is 0.0983 e. The molecule has 13 heavy (non-hydrogen) atoms. The molecule has 1 unspecified atom stereocenters. The van der Waals surface area contributed by atoms with Gasteiger partial charge in [0, 0.05) is 35.9 Å². The fourth-order valence-electron chi connectivity index (χ4n) is 1.49. The number of rotatable bonds is 1. The van der Waals surface area contributed by atoms with Crippen molar-refractivity contribution in [3.63, 3.8) is 0 Å². The zero-order valence-corrected chi connectivity index (χ0v) is 7.53. The lowest BCUT2D eigenvalue weighted by Crippen LogP contribution is -2.38. The van der Waals surface area contributed by atoms with E-state index in [4.69, 9.17) is 8.85 Å². The average Bonchev–Trinajstić information content (AvgIpc) is 2.65. The van der Waals surface area contributed by atoms with Crippen LogP contribution in [0.25, 0.3) is 0 Å². The molecule has 0 radical (unpaired) electrons. The van der Waals surface area contributed by atoms with Crippen LogP contribution in [0.4, 0.5) is 0 Å². The summed E-state index contributed by atoms with van der Waals surface area (Å²) in [6, 6.07) is 0. The Morgan fingerprint density at radius 1 is 1.77 bits per heavy atom. The molecule has 4 nitrogen and oxygen atoms in total. The molecule has 4 heteroatoms. The number of hydrogen-bond donors (Lipinski definition) is 1. The minimum atomic E-state index is -2.22. The minimum absolute atomic E-state index is 0.111. The Balaban J connectivity index is 2.12. The monoisotopic (exact) mass is 184 g/mol. The van der Waals surface area contributed by atoms with Crippen molar-refractivity contribution < 1.29 is 8.85 Å². The molecule has 1 fully saturated rings. The zero-order chi connectivity index (χ0) is 11.8. The first-order valence-electron chi connectivity index (χ1n) is 5.88. The Bertz CT molecular complexity index is 363. The van der Waals surface area contributed by atoms with Crippen molar-refractivity contribution in [2.24, 2.45) is 6.98 Å². The van der Waals surface area contributed by atoms with E-state index in [-0.39, 0.29) is 12.2 Å². The lowest BCUT2D eigenvalue weighted by atomic mass is 10.1. The molecule has 72 valence electrons. The summed E-state index contributed by atoms with van der Waals surface area (Å²) in [5, 5.41) is 7.06. The van der Waals surface area contributed by atoms with Gasteiger partial charge >= 0.3 is 0 Å². The number of hydrogen-bond acceptors (Lipinski definition) is 3. The first-order valence-corrected chi connectivity index (χ1v) is 4.38. The summed E-state index contributed by atoms with van der Waals surface area (Å²) in [4.78, 5) is 0. The van der Waals surface area contributed by atoms with Gasteiger partial charge in [-0.2, -0.15) is 5.10 Å². The van der Waals surface area contributed by atoms with Gasteiger partial charge in [-0.3, -0.25) is 4.68 Å². The summed E-state index contributed by atoms with van der Waals surface area (Å²) in [6.07, 6.45) is 3.10. The fraction of sp³-hybridized carbons (Fsp3) is 0.667. The van der Waals surface area contributed by atoms with Gasteiger partial charge in [-0.05, 0) is 6.92 Å². The standard InChI is InChI=1S/C9H15N3O/c1-7-3-10-5-9(13-7)8-4-11-12(2)6-8/h4,6-7,9-10H,3,5H2,1-2H3/t7-,9?/m1/s1/i2D3. The molecule has 0 aromatic carbocycles. The molecule has 0 spiro atoms. The first-order chi connectivity index (χ1) is 7.47. The Labute approximate surface area is 82.1 Å². The van der Waals surface area contributed by atoms with E-state index in [1.54, 1.807) is 6.20 Å². The van der Waals surface area contributed by atoms with Crippen LogP contribution in [-0.2, 0) is 11.7 Å². The summed E-state index contributed by atoms with van der Waals surface area (Å²) >= 11 is 0. The largest absolute Gasteiger partial charge is 0.368 e. The molecule has 0 aliphatic carbocycles. The molecule has 1 aromatic heterocycles. The van der Waals surface area contributed by atoms with E-state index in [1.807, 2.05) is 6.92 Å². The third-order valence-electron chi connectivity index (χ3n) is 2.13. The van der Waals surface area contributed by atoms with Gasteiger partial charge in [-0.15, -0.1) is 0 Å².